The fourth-order valence-corrected chi connectivity index (χ4v) is 3.25. The minimum atomic E-state index is -0.868. The van der Waals surface area contributed by atoms with Gasteiger partial charge in [-0.3, -0.25) is 9.59 Å². The average Bonchev–Trinajstić information content (AvgIpc) is 3.02. The van der Waals surface area contributed by atoms with Crippen LogP contribution in [0.3, 0.4) is 0 Å². The fraction of sp³-hybridized carbons (Fsp3) is 0.435. The predicted molar refractivity (Wildman–Crippen MR) is 114 cm³/mol. The molecule has 1 atom stereocenters. The Morgan fingerprint density at radius 2 is 1.73 bits per heavy atom. The Balaban J connectivity index is 1.92. The van der Waals surface area contributed by atoms with E-state index in [1.165, 1.54) is 0 Å². The molecule has 0 bridgehead atoms. The number of ketones is 1. The van der Waals surface area contributed by atoms with Crippen molar-refractivity contribution < 1.29 is 23.9 Å². The van der Waals surface area contributed by atoms with E-state index in [0.717, 1.165) is 17.9 Å². The molecule has 1 aromatic carbocycles. The number of benzene rings is 1. The molecule has 0 aliphatic heterocycles. The van der Waals surface area contributed by atoms with Crippen LogP contribution in [-0.2, 0) is 20.9 Å². The van der Waals surface area contributed by atoms with E-state index in [1.54, 1.807) is 44.2 Å². The molecular formula is C23H30N2O5. The number of carbonyl (C=O) groups is 3. The van der Waals surface area contributed by atoms with Crippen LogP contribution in [0.4, 0.5) is 0 Å². The lowest BCUT2D eigenvalue weighted by Gasteiger charge is -2.20. The molecule has 0 spiro atoms. The largest absolute Gasteiger partial charge is 0.484 e. The second-order valence-corrected chi connectivity index (χ2v) is 7.45. The molecule has 0 saturated heterocycles. The smallest absolute Gasteiger partial charge is 0.329 e. The lowest BCUT2D eigenvalue weighted by Crippen LogP contribution is -2.47. The first-order valence-electron chi connectivity index (χ1n) is 10.1. The first-order valence-corrected chi connectivity index (χ1v) is 10.1. The second-order valence-electron chi connectivity index (χ2n) is 7.45. The second kappa shape index (κ2) is 10.6. The summed E-state index contributed by atoms with van der Waals surface area (Å²) < 4.78 is 12.7. The first-order chi connectivity index (χ1) is 14.2. The van der Waals surface area contributed by atoms with E-state index in [2.05, 4.69) is 5.32 Å². The van der Waals surface area contributed by atoms with Crippen LogP contribution in [-0.4, -0.2) is 41.5 Å². The third kappa shape index (κ3) is 5.95. The molecule has 0 fully saturated rings. The zero-order valence-electron chi connectivity index (χ0n) is 18.2. The molecule has 30 heavy (non-hydrogen) atoms. The van der Waals surface area contributed by atoms with E-state index in [4.69, 9.17) is 9.47 Å². The summed E-state index contributed by atoms with van der Waals surface area (Å²) in [7, 11) is 0. The molecule has 1 amide bonds. The van der Waals surface area contributed by atoms with Gasteiger partial charge in [0.05, 0.1) is 0 Å². The molecule has 162 valence electrons. The Kier molecular flexibility index (Phi) is 8.21. The fourth-order valence-electron chi connectivity index (χ4n) is 3.25. The molecule has 0 saturated carbocycles. The van der Waals surface area contributed by atoms with Crippen molar-refractivity contribution in [2.75, 3.05) is 13.2 Å². The van der Waals surface area contributed by atoms with Gasteiger partial charge in [0.25, 0.3) is 5.91 Å². The number of carbonyl (C=O) groups excluding carboxylic acids is 3. The Morgan fingerprint density at radius 3 is 2.30 bits per heavy atom. The number of amides is 1. The van der Waals surface area contributed by atoms with Gasteiger partial charge in [-0.05, 0) is 44.9 Å². The van der Waals surface area contributed by atoms with Crippen LogP contribution in [0.15, 0.2) is 36.4 Å². The lowest BCUT2D eigenvalue weighted by atomic mass is 10.0. The summed E-state index contributed by atoms with van der Waals surface area (Å²) in [6.07, 6.45) is 0. The molecule has 0 radical (unpaired) electrons. The molecule has 0 aliphatic carbocycles. The highest BCUT2D eigenvalue weighted by Crippen LogP contribution is 2.16. The van der Waals surface area contributed by atoms with Crippen LogP contribution in [0.2, 0.25) is 0 Å². The van der Waals surface area contributed by atoms with Crippen LogP contribution in [0, 0.1) is 19.8 Å². The van der Waals surface area contributed by atoms with Crippen molar-refractivity contribution in [2.45, 2.75) is 47.2 Å². The summed E-state index contributed by atoms with van der Waals surface area (Å²) in [5.41, 5.74) is 2.38. The number of aromatic nitrogens is 1. The van der Waals surface area contributed by atoms with Crippen LogP contribution in [0.1, 0.15) is 42.5 Å². The molecule has 1 heterocycles. The van der Waals surface area contributed by atoms with E-state index in [-0.39, 0.29) is 24.9 Å². The summed E-state index contributed by atoms with van der Waals surface area (Å²) in [4.78, 5) is 37.2. The van der Waals surface area contributed by atoms with Crippen molar-refractivity contribution in [3.8, 4) is 5.75 Å². The monoisotopic (exact) mass is 414 g/mol. The normalized spacial score (nSPS) is 11.8. The molecule has 2 aromatic rings. The molecule has 2 rings (SSSR count). The van der Waals surface area contributed by atoms with Gasteiger partial charge in [-0.15, -0.1) is 0 Å². The van der Waals surface area contributed by atoms with Gasteiger partial charge in [0.15, 0.2) is 13.2 Å². The predicted octanol–water partition coefficient (Wildman–Crippen LogP) is 3.07. The Morgan fingerprint density at radius 1 is 1.07 bits per heavy atom. The van der Waals surface area contributed by atoms with Crippen molar-refractivity contribution in [3.05, 3.63) is 53.3 Å². The van der Waals surface area contributed by atoms with Crippen molar-refractivity contribution in [1.82, 2.24) is 9.88 Å². The topological polar surface area (TPSA) is 86.6 Å². The summed E-state index contributed by atoms with van der Waals surface area (Å²) in [5, 5.41) is 2.63. The number of para-hydroxylation sites is 1. The van der Waals surface area contributed by atoms with Gasteiger partial charge in [0.2, 0.25) is 5.78 Å². The first kappa shape index (κ1) is 23.2. The number of hydrogen-bond acceptors (Lipinski definition) is 5. The van der Waals surface area contributed by atoms with Crippen molar-refractivity contribution in [1.29, 1.82) is 0 Å². The molecular weight excluding hydrogens is 384 g/mol. The number of rotatable bonds is 10. The zero-order chi connectivity index (χ0) is 22.3. The summed E-state index contributed by atoms with van der Waals surface area (Å²) in [6.45, 7) is 9.57. The quantitative estimate of drug-likeness (QED) is 0.477. The summed E-state index contributed by atoms with van der Waals surface area (Å²) in [5.74, 6) is -0.995. The van der Waals surface area contributed by atoms with Gasteiger partial charge in [0, 0.05) is 23.5 Å². The van der Waals surface area contributed by atoms with E-state index in [0.29, 0.717) is 11.3 Å². The highest BCUT2D eigenvalue weighted by atomic mass is 16.5. The van der Waals surface area contributed by atoms with E-state index in [9.17, 15) is 14.4 Å². The van der Waals surface area contributed by atoms with Gasteiger partial charge in [-0.25, -0.2) is 4.79 Å². The number of Topliss-reactive ketones (excluding diaryl/α,β-unsaturated/α-hetero) is 1. The minimum Gasteiger partial charge on any atom is -0.484 e. The number of ether oxygens (including phenoxy) is 2. The Bertz CT molecular complexity index is 886. The Hall–Kier alpha value is -3.09. The maximum absolute atomic E-state index is 12.5. The zero-order valence-corrected chi connectivity index (χ0v) is 18.2. The van der Waals surface area contributed by atoms with Gasteiger partial charge in [-0.2, -0.15) is 0 Å². The van der Waals surface area contributed by atoms with Crippen LogP contribution >= 0.6 is 0 Å². The summed E-state index contributed by atoms with van der Waals surface area (Å²) >= 11 is 0. The number of esters is 1. The summed E-state index contributed by atoms with van der Waals surface area (Å²) in [6, 6.07) is 9.86. The standard InChI is InChI=1S/C23H30N2O5/c1-6-25-16(4)12-19(17(25)5)20(26)13-30-23(28)22(15(2)3)24-21(27)14-29-18-10-8-7-9-11-18/h7-12,15,22H,6,13-14H2,1-5H3,(H,24,27)/t22-/m0/s1. The third-order valence-corrected chi connectivity index (χ3v) is 4.89. The van der Waals surface area contributed by atoms with Gasteiger partial charge in [-0.1, -0.05) is 32.0 Å². The number of hydrogen-bond donors (Lipinski definition) is 1. The molecule has 7 nitrogen and oxygen atoms in total. The molecule has 7 heteroatoms. The number of nitrogens with zero attached hydrogens (tertiary/aromatic N) is 1. The maximum atomic E-state index is 12.5. The van der Waals surface area contributed by atoms with Crippen LogP contribution in [0.25, 0.3) is 0 Å². The Labute approximate surface area is 177 Å². The van der Waals surface area contributed by atoms with Crippen molar-refractivity contribution in [3.63, 3.8) is 0 Å². The van der Waals surface area contributed by atoms with Crippen molar-refractivity contribution in [2.24, 2.45) is 5.92 Å². The van der Waals surface area contributed by atoms with E-state index >= 15 is 0 Å². The SMILES string of the molecule is CCn1c(C)cc(C(=O)COC(=O)[C@@H](NC(=O)COc2ccccc2)C(C)C)c1C. The van der Waals surface area contributed by atoms with E-state index < -0.39 is 17.9 Å². The molecule has 0 unspecified atom stereocenters. The molecule has 1 aromatic heterocycles. The van der Waals surface area contributed by atoms with Crippen LogP contribution < -0.4 is 10.1 Å². The van der Waals surface area contributed by atoms with Crippen LogP contribution in [0.5, 0.6) is 5.75 Å². The highest BCUT2D eigenvalue weighted by Gasteiger charge is 2.27. The van der Waals surface area contributed by atoms with Gasteiger partial charge in [0.1, 0.15) is 11.8 Å². The molecule has 1 N–H and O–H groups in total. The lowest BCUT2D eigenvalue weighted by molar-refractivity contribution is -0.148. The van der Waals surface area contributed by atoms with E-state index in [1.807, 2.05) is 31.4 Å². The third-order valence-electron chi connectivity index (χ3n) is 4.89. The number of nitrogens with one attached hydrogen (secondary N) is 1. The van der Waals surface area contributed by atoms with Crippen molar-refractivity contribution >= 4 is 17.7 Å². The highest BCUT2D eigenvalue weighted by molar-refractivity contribution is 5.99. The minimum absolute atomic E-state index is 0.210. The van der Waals surface area contributed by atoms with Gasteiger partial charge >= 0.3 is 5.97 Å². The van der Waals surface area contributed by atoms with Gasteiger partial charge < -0.3 is 19.4 Å². The number of aryl methyl sites for hydroxylation is 1. The maximum Gasteiger partial charge on any atom is 0.329 e. The average molecular weight is 415 g/mol. The molecule has 0 aliphatic rings.